The fourth-order valence-corrected chi connectivity index (χ4v) is 1.80. The SMILES string of the molecule is Cc1ccc(C)c(C(=O)Nc2ccc(N)cc2F)c1. The molecule has 2 aromatic rings. The first kappa shape index (κ1) is 13.1. The highest BCUT2D eigenvalue weighted by Crippen LogP contribution is 2.19. The van der Waals surface area contributed by atoms with E-state index in [2.05, 4.69) is 5.32 Å². The van der Waals surface area contributed by atoms with Gasteiger partial charge in [0.25, 0.3) is 5.91 Å². The smallest absolute Gasteiger partial charge is 0.256 e. The Balaban J connectivity index is 2.28. The molecule has 19 heavy (non-hydrogen) atoms. The second-order valence-corrected chi connectivity index (χ2v) is 4.51. The first-order valence-electron chi connectivity index (χ1n) is 5.91. The van der Waals surface area contributed by atoms with Crippen LogP contribution < -0.4 is 11.1 Å². The van der Waals surface area contributed by atoms with Gasteiger partial charge in [-0.1, -0.05) is 17.7 Å². The largest absolute Gasteiger partial charge is 0.399 e. The number of hydrogen-bond donors (Lipinski definition) is 2. The van der Waals surface area contributed by atoms with Gasteiger partial charge in [-0.05, 0) is 43.7 Å². The molecule has 0 saturated heterocycles. The second-order valence-electron chi connectivity index (χ2n) is 4.51. The summed E-state index contributed by atoms with van der Waals surface area (Å²) >= 11 is 0. The molecule has 2 rings (SSSR count). The summed E-state index contributed by atoms with van der Waals surface area (Å²) < 4.78 is 13.6. The van der Waals surface area contributed by atoms with E-state index in [-0.39, 0.29) is 11.6 Å². The molecule has 4 heteroatoms. The summed E-state index contributed by atoms with van der Waals surface area (Å²) in [6.45, 7) is 3.74. The molecular weight excluding hydrogens is 243 g/mol. The van der Waals surface area contributed by atoms with Crippen LogP contribution in [0.15, 0.2) is 36.4 Å². The highest BCUT2D eigenvalue weighted by Gasteiger charge is 2.11. The number of aryl methyl sites for hydroxylation is 2. The molecule has 0 fully saturated rings. The molecule has 3 N–H and O–H groups in total. The van der Waals surface area contributed by atoms with Gasteiger partial charge in [-0.3, -0.25) is 4.79 Å². The Bertz CT molecular complexity index is 638. The number of amides is 1. The minimum atomic E-state index is -0.543. The van der Waals surface area contributed by atoms with Gasteiger partial charge in [0, 0.05) is 11.3 Å². The van der Waals surface area contributed by atoms with Crippen LogP contribution in [0.3, 0.4) is 0 Å². The lowest BCUT2D eigenvalue weighted by atomic mass is 10.0. The number of anilines is 2. The maximum atomic E-state index is 13.6. The number of nitrogen functional groups attached to an aromatic ring is 1. The van der Waals surface area contributed by atoms with Crippen molar-refractivity contribution in [3.05, 3.63) is 58.9 Å². The molecule has 0 aliphatic heterocycles. The zero-order valence-corrected chi connectivity index (χ0v) is 10.8. The highest BCUT2D eigenvalue weighted by atomic mass is 19.1. The van der Waals surface area contributed by atoms with Gasteiger partial charge >= 0.3 is 0 Å². The fraction of sp³-hybridized carbons (Fsp3) is 0.133. The molecule has 0 saturated carbocycles. The van der Waals surface area contributed by atoms with Crippen molar-refractivity contribution in [2.75, 3.05) is 11.1 Å². The van der Waals surface area contributed by atoms with Crippen molar-refractivity contribution in [2.24, 2.45) is 0 Å². The van der Waals surface area contributed by atoms with E-state index in [9.17, 15) is 9.18 Å². The quantitative estimate of drug-likeness (QED) is 0.812. The van der Waals surface area contributed by atoms with Crippen molar-refractivity contribution < 1.29 is 9.18 Å². The maximum absolute atomic E-state index is 13.6. The van der Waals surface area contributed by atoms with Crippen LogP contribution in [0, 0.1) is 19.7 Å². The van der Waals surface area contributed by atoms with Gasteiger partial charge in [0.15, 0.2) is 0 Å². The highest BCUT2D eigenvalue weighted by molar-refractivity contribution is 6.05. The van der Waals surface area contributed by atoms with Crippen molar-refractivity contribution in [3.63, 3.8) is 0 Å². The molecule has 2 aromatic carbocycles. The number of nitrogens with one attached hydrogen (secondary N) is 1. The predicted octanol–water partition coefficient (Wildman–Crippen LogP) is 3.28. The molecule has 98 valence electrons. The number of hydrogen-bond acceptors (Lipinski definition) is 2. The molecule has 0 aliphatic carbocycles. The topological polar surface area (TPSA) is 55.1 Å². The molecule has 0 unspecified atom stereocenters. The minimum absolute atomic E-state index is 0.125. The first-order chi connectivity index (χ1) is 8.97. The summed E-state index contributed by atoms with van der Waals surface area (Å²) in [5.74, 6) is -0.872. The van der Waals surface area contributed by atoms with Crippen LogP contribution in [0.5, 0.6) is 0 Å². The van der Waals surface area contributed by atoms with Gasteiger partial charge in [0.05, 0.1) is 5.69 Å². The Kier molecular flexibility index (Phi) is 3.51. The summed E-state index contributed by atoms with van der Waals surface area (Å²) in [6.07, 6.45) is 0. The molecule has 0 heterocycles. The average molecular weight is 258 g/mol. The normalized spacial score (nSPS) is 10.3. The standard InChI is InChI=1S/C15H15FN2O/c1-9-3-4-10(2)12(7-9)15(19)18-14-6-5-11(17)8-13(14)16/h3-8H,17H2,1-2H3,(H,18,19). The summed E-state index contributed by atoms with van der Waals surface area (Å²) in [7, 11) is 0. The van der Waals surface area contributed by atoms with Gasteiger partial charge in [-0.15, -0.1) is 0 Å². The van der Waals surface area contributed by atoms with Gasteiger partial charge in [-0.2, -0.15) is 0 Å². The van der Waals surface area contributed by atoms with Gasteiger partial charge in [0.1, 0.15) is 5.82 Å². The lowest BCUT2D eigenvalue weighted by molar-refractivity contribution is 0.102. The minimum Gasteiger partial charge on any atom is -0.399 e. The monoisotopic (exact) mass is 258 g/mol. The third-order valence-electron chi connectivity index (χ3n) is 2.88. The van der Waals surface area contributed by atoms with E-state index in [1.807, 2.05) is 26.0 Å². The molecule has 0 spiro atoms. The zero-order valence-electron chi connectivity index (χ0n) is 10.8. The van der Waals surface area contributed by atoms with Crippen molar-refractivity contribution in [1.29, 1.82) is 0 Å². The fourth-order valence-electron chi connectivity index (χ4n) is 1.80. The van der Waals surface area contributed by atoms with Gasteiger partial charge in [0.2, 0.25) is 0 Å². The van der Waals surface area contributed by atoms with E-state index in [4.69, 9.17) is 5.73 Å². The summed E-state index contributed by atoms with van der Waals surface area (Å²) in [6, 6.07) is 9.74. The van der Waals surface area contributed by atoms with Crippen LogP contribution in [0.1, 0.15) is 21.5 Å². The number of carbonyl (C=O) groups excluding carboxylic acids is 1. The van der Waals surface area contributed by atoms with E-state index >= 15 is 0 Å². The van der Waals surface area contributed by atoms with Crippen LogP contribution in [-0.2, 0) is 0 Å². The predicted molar refractivity (Wildman–Crippen MR) is 74.7 cm³/mol. The molecule has 0 bridgehead atoms. The Hall–Kier alpha value is -2.36. The molecular formula is C15H15FN2O. The number of benzene rings is 2. The maximum Gasteiger partial charge on any atom is 0.256 e. The van der Waals surface area contributed by atoms with Crippen LogP contribution in [0.4, 0.5) is 15.8 Å². The lowest BCUT2D eigenvalue weighted by Crippen LogP contribution is -2.14. The van der Waals surface area contributed by atoms with Crippen molar-refractivity contribution >= 4 is 17.3 Å². The Morgan fingerprint density at radius 1 is 1.16 bits per heavy atom. The Morgan fingerprint density at radius 3 is 2.58 bits per heavy atom. The van der Waals surface area contributed by atoms with Crippen LogP contribution >= 0.6 is 0 Å². The number of rotatable bonds is 2. The summed E-state index contributed by atoms with van der Waals surface area (Å²) in [4.78, 5) is 12.1. The molecule has 3 nitrogen and oxygen atoms in total. The summed E-state index contributed by atoms with van der Waals surface area (Å²) in [5.41, 5.74) is 8.27. The van der Waals surface area contributed by atoms with Crippen LogP contribution in [0.25, 0.3) is 0 Å². The van der Waals surface area contributed by atoms with E-state index < -0.39 is 5.82 Å². The van der Waals surface area contributed by atoms with E-state index in [0.29, 0.717) is 11.3 Å². The molecule has 0 aromatic heterocycles. The first-order valence-corrected chi connectivity index (χ1v) is 5.91. The van der Waals surface area contributed by atoms with Crippen molar-refractivity contribution in [1.82, 2.24) is 0 Å². The zero-order chi connectivity index (χ0) is 14.0. The van der Waals surface area contributed by atoms with E-state index in [1.54, 1.807) is 12.1 Å². The van der Waals surface area contributed by atoms with Gasteiger partial charge < -0.3 is 11.1 Å². The van der Waals surface area contributed by atoms with E-state index in [0.717, 1.165) is 11.1 Å². The second kappa shape index (κ2) is 5.10. The lowest BCUT2D eigenvalue weighted by Gasteiger charge is -2.09. The number of carbonyl (C=O) groups is 1. The molecule has 0 aliphatic rings. The van der Waals surface area contributed by atoms with E-state index in [1.165, 1.54) is 12.1 Å². The molecule has 1 amide bonds. The van der Waals surface area contributed by atoms with Crippen molar-refractivity contribution in [2.45, 2.75) is 13.8 Å². The van der Waals surface area contributed by atoms with Crippen molar-refractivity contribution in [3.8, 4) is 0 Å². The van der Waals surface area contributed by atoms with Crippen LogP contribution in [-0.4, -0.2) is 5.91 Å². The number of halogens is 1. The summed E-state index contributed by atoms with van der Waals surface area (Å²) in [5, 5.41) is 2.55. The average Bonchev–Trinajstić information content (AvgIpc) is 2.35. The molecule has 0 radical (unpaired) electrons. The van der Waals surface area contributed by atoms with Gasteiger partial charge in [-0.25, -0.2) is 4.39 Å². The third-order valence-corrected chi connectivity index (χ3v) is 2.88. The Labute approximate surface area is 111 Å². The Morgan fingerprint density at radius 2 is 1.89 bits per heavy atom. The van der Waals surface area contributed by atoms with Crippen LogP contribution in [0.2, 0.25) is 0 Å². The molecule has 0 atom stereocenters. The third kappa shape index (κ3) is 2.91. The number of nitrogens with two attached hydrogens (primary N) is 1.